The molecule has 6 fully saturated rings. The fourth-order valence-electron chi connectivity index (χ4n) is 9.27. The Bertz CT molecular complexity index is 700. The first-order valence-electron chi connectivity index (χ1n) is 11.1. The third kappa shape index (κ3) is 1.72. The van der Waals surface area contributed by atoms with Gasteiger partial charge in [0.15, 0.2) is 0 Å². The average molecular weight is 357 g/mol. The predicted molar refractivity (Wildman–Crippen MR) is 97.2 cm³/mol. The van der Waals surface area contributed by atoms with Gasteiger partial charge >= 0.3 is 5.97 Å². The van der Waals surface area contributed by atoms with Crippen molar-refractivity contribution in [2.45, 2.75) is 83.7 Å². The number of carbonyl (C=O) groups is 2. The van der Waals surface area contributed by atoms with Crippen molar-refractivity contribution < 1.29 is 14.3 Å². The van der Waals surface area contributed by atoms with Crippen molar-refractivity contribution in [3.8, 4) is 0 Å². The zero-order valence-electron chi connectivity index (χ0n) is 16.3. The van der Waals surface area contributed by atoms with Crippen LogP contribution >= 0.6 is 0 Å². The van der Waals surface area contributed by atoms with E-state index in [4.69, 9.17) is 4.74 Å². The van der Waals surface area contributed by atoms with Gasteiger partial charge in [-0.25, -0.2) is 0 Å². The number of rotatable bonds is 0. The lowest BCUT2D eigenvalue weighted by Crippen LogP contribution is -2.57. The van der Waals surface area contributed by atoms with Crippen LogP contribution in [0.4, 0.5) is 0 Å². The van der Waals surface area contributed by atoms with Gasteiger partial charge < -0.3 is 4.74 Å². The Morgan fingerprint density at radius 3 is 2.46 bits per heavy atom. The second-order valence-electron chi connectivity index (χ2n) is 11.2. The largest absolute Gasteiger partial charge is 0.458 e. The van der Waals surface area contributed by atoms with Gasteiger partial charge in [-0.1, -0.05) is 13.8 Å². The van der Waals surface area contributed by atoms with Crippen molar-refractivity contribution in [1.82, 2.24) is 0 Å². The van der Waals surface area contributed by atoms with Crippen LogP contribution in [-0.4, -0.2) is 17.4 Å². The minimum atomic E-state index is -0.148. The second-order valence-corrected chi connectivity index (χ2v) is 11.2. The van der Waals surface area contributed by atoms with Crippen LogP contribution in [0.2, 0.25) is 0 Å². The van der Waals surface area contributed by atoms with E-state index in [0.29, 0.717) is 23.5 Å². The van der Waals surface area contributed by atoms with Gasteiger partial charge in [-0.2, -0.15) is 0 Å². The molecule has 3 nitrogen and oxygen atoms in total. The number of esters is 1. The maximum Gasteiger partial charge on any atom is 0.306 e. The molecule has 6 aliphatic rings. The molecule has 0 aromatic carbocycles. The van der Waals surface area contributed by atoms with Crippen LogP contribution in [0.25, 0.3) is 0 Å². The summed E-state index contributed by atoms with van der Waals surface area (Å²) >= 11 is 0. The summed E-state index contributed by atoms with van der Waals surface area (Å²) in [6, 6.07) is 0. The van der Waals surface area contributed by atoms with Crippen LogP contribution in [-0.2, 0) is 14.3 Å². The van der Waals surface area contributed by atoms with Gasteiger partial charge in [0.25, 0.3) is 0 Å². The second kappa shape index (κ2) is 4.75. The van der Waals surface area contributed by atoms with Crippen molar-refractivity contribution in [1.29, 1.82) is 0 Å². The number of hydrogen-bond donors (Lipinski definition) is 0. The number of hydrogen-bond acceptors (Lipinski definition) is 3. The minimum absolute atomic E-state index is 0.0414. The van der Waals surface area contributed by atoms with Crippen molar-refractivity contribution in [2.24, 2.45) is 46.3 Å². The van der Waals surface area contributed by atoms with E-state index < -0.39 is 0 Å². The predicted octanol–water partition coefficient (Wildman–Crippen LogP) is 4.53. The summed E-state index contributed by atoms with van der Waals surface area (Å²) < 4.78 is 6.07. The zero-order chi connectivity index (χ0) is 17.9. The standard InChI is InChI=1S/C23H32O3/c1-21-7-3-13(24)11-18(21)14-12-15(14)20-16(21)4-8-22(2)17(20)5-9-23(22)10-6-19(25)26-23/h14-18,20H,3-12H2,1-2H3. The normalized spacial score (nSPS) is 60.1. The van der Waals surface area contributed by atoms with Gasteiger partial charge in [0.1, 0.15) is 11.4 Å². The molecule has 0 radical (unpaired) electrons. The third-order valence-corrected chi connectivity index (χ3v) is 10.7. The van der Waals surface area contributed by atoms with Gasteiger partial charge in [0, 0.05) is 24.7 Å². The Hall–Kier alpha value is -0.860. The van der Waals surface area contributed by atoms with E-state index in [-0.39, 0.29) is 17.0 Å². The fraction of sp³-hybridized carbons (Fsp3) is 0.913. The van der Waals surface area contributed by atoms with Crippen LogP contribution in [0, 0.1) is 46.3 Å². The Labute approximate surface area is 156 Å². The highest BCUT2D eigenvalue weighted by Crippen LogP contribution is 2.76. The van der Waals surface area contributed by atoms with Gasteiger partial charge in [-0.3, -0.25) is 9.59 Å². The molecule has 5 aliphatic carbocycles. The van der Waals surface area contributed by atoms with Crippen molar-refractivity contribution >= 4 is 11.8 Å². The van der Waals surface area contributed by atoms with E-state index in [2.05, 4.69) is 13.8 Å². The van der Waals surface area contributed by atoms with Crippen LogP contribution < -0.4 is 0 Å². The molecule has 1 heterocycles. The van der Waals surface area contributed by atoms with Gasteiger partial charge in [-0.15, -0.1) is 0 Å². The van der Waals surface area contributed by atoms with E-state index in [1.165, 1.54) is 25.7 Å². The molecule has 142 valence electrons. The maximum absolute atomic E-state index is 12.2. The first-order chi connectivity index (χ1) is 12.4. The van der Waals surface area contributed by atoms with Crippen LogP contribution in [0.1, 0.15) is 78.1 Å². The summed E-state index contributed by atoms with van der Waals surface area (Å²) in [5.41, 5.74) is 0.436. The van der Waals surface area contributed by atoms with E-state index in [1.54, 1.807) is 0 Å². The summed E-state index contributed by atoms with van der Waals surface area (Å²) in [6.07, 6.45) is 10.6. The van der Waals surface area contributed by atoms with Crippen molar-refractivity contribution in [2.75, 3.05) is 0 Å². The molecule has 0 bridgehead atoms. The Kier molecular flexibility index (Phi) is 2.95. The lowest BCUT2D eigenvalue weighted by Gasteiger charge is -2.60. The molecule has 3 heteroatoms. The Balaban J connectivity index is 1.37. The molecule has 1 aliphatic heterocycles. The maximum atomic E-state index is 12.2. The molecule has 1 spiro atoms. The molecule has 26 heavy (non-hydrogen) atoms. The van der Waals surface area contributed by atoms with Crippen molar-refractivity contribution in [3.05, 3.63) is 0 Å². The highest BCUT2D eigenvalue weighted by Gasteiger charge is 2.72. The molecule has 1 saturated heterocycles. The highest BCUT2D eigenvalue weighted by atomic mass is 16.6. The summed E-state index contributed by atoms with van der Waals surface area (Å²) in [7, 11) is 0. The van der Waals surface area contributed by atoms with E-state index >= 15 is 0 Å². The lowest BCUT2D eigenvalue weighted by atomic mass is 9.44. The van der Waals surface area contributed by atoms with Gasteiger partial charge in [0.05, 0.1) is 0 Å². The fourth-order valence-corrected chi connectivity index (χ4v) is 9.27. The summed E-state index contributed by atoms with van der Waals surface area (Å²) in [5, 5.41) is 0. The monoisotopic (exact) mass is 356 g/mol. The van der Waals surface area contributed by atoms with Crippen LogP contribution in [0.5, 0.6) is 0 Å². The highest BCUT2D eigenvalue weighted by molar-refractivity contribution is 5.80. The summed E-state index contributed by atoms with van der Waals surface area (Å²) in [4.78, 5) is 24.2. The van der Waals surface area contributed by atoms with E-state index in [9.17, 15) is 9.59 Å². The van der Waals surface area contributed by atoms with E-state index in [1.807, 2.05) is 0 Å². The Morgan fingerprint density at radius 2 is 1.69 bits per heavy atom. The quantitative estimate of drug-likeness (QED) is 0.599. The van der Waals surface area contributed by atoms with E-state index in [0.717, 1.165) is 61.7 Å². The SMILES string of the molecule is CC12CCC(=O)CC1C1CC1C1C2CCC2(C)C1CCC21CCC(=O)O1. The first-order valence-corrected chi connectivity index (χ1v) is 11.1. The van der Waals surface area contributed by atoms with Gasteiger partial charge in [-0.05, 0) is 85.9 Å². The topological polar surface area (TPSA) is 43.4 Å². The number of ether oxygens (including phenoxy) is 1. The zero-order valence-corrected chi connectivity index (χ0v) is 16.3. The number of Topliss-reactive ketones (excluding diaryl/α,β-unsaturated/α-hetero) is 1. The number of fused-ring (bicyclic) bond motifs is 9. The van der Waals surface area contributed by atoms with Crippen LogP contribution in [0.15, 0.2) is 0 Å². The first kappa shape index (κ1) is 16.1. The molecule has 9 atom stereocenters. The molecule has 6 rings (SSSR count). The molecule has 0 N–H and O–H groups in total. The lowest BCUT2D eigenvalue weighted by molar-refractivity contribution is -0.175. The van der Waals surface area contributed by atoms with Crippen molar-refractivity contribution in [3.63, 3.8) is 0 Å². The minimum Gasteiger partial charge on any atom is -0.458 e. The molecular formula is C23H32O3. The molecular weight excluding hydrogens is 324 g/mol. The summed E-state index contributed by atoms with van der Waals surface area (Å²) in [5.74, 6) is 5.27. The number of ketones is 1. The molecule has 0 aromatic heterocycles. The average Bonchev–Trinajstić information content (AvgIpc) is 3.23. The molecule has 9 unspecified atom stereocenters. The summed E-state index contributed by atoms with van der Waals surface area (Å²) in [6.45, 7) is 5.01. The van der Waals surface area contributed by atoms with Crippen LogP contribution in [0.3, 0.4) is 0 Å². The Morgan fingerprint density at radius 1 is 0.885 bits per heavy atom. The van der Waals surface area contributed by atoms with Gasteiger partial charge in [0.2, 0.25) is 0 Å². The molecule has 5 saturated carbocycles. The third-order valence-electron chi connectivity index (χ3n) is 10.7. The number of carbonyl (C=O) groups excluding carboxylic acids is 2. The smallest absolute Gasteiger partial charge is 0.306 e. The molecule has 0 aromatic rings. The molecule has 0 amide bonds.